The van der Waals surface area contributed by atoms with Crippen LogP contribution >= 0.6 is 0 Å². The summed E-state index contributed by atoms with van der Waals surface area (Å²) >= 11 is 0. The first-order valence-electron chi connectivity index (χ1n) is 8.91. The molecule has 3 amide bonds. The number of nitrogens with one attached hydrogen (secondary N) is 1. The van der Waals surface area contributed by atoms with Crippen LogP contribution in [0.25, 0.3) is 11.5 Å². The van der Waals surface area contributed by atoms with Gasteiger partial charge in [0.05, 0.1) is 24.1 Å². The molecule has 0 spiro atoms. The van der Waals surface area contributed by atoms with Gasteiger partial charge in [-0.25, -0.2) is 9.18 Å². The van der Waals surface area contributed by atoms with E-state index in [0.717, 1.165) is 12.8 Å². The van der Waals surface area contributed by atoms with Gasteiger partial charge in [0.15, 0.2) is 5.82 Å². The number of hydrogen-bond acceptors (Lipinski definition) is 5. The molecular formula is C18H20FN5O3. The summed E-state index contributed by atoms with van der Waals surface area (Å²) in [5.41, 5.74) is 0.217. The third-order valence-electron chi connectivity index (χ3n) is 5.16. The van der Waals surface area contributed by atoms with Crippen molar-refractivity contribution >= 4 is 11.9 Å². The highest BCUT2D eigenvalue weighted by atomic mass is 19.1. The fourth-order valence-corrected chi connectivity index (χ4v) is 3.80. The van der Waals surface area contributed by atoms with E-state index < -0.39 is 5.82 Å². The summed E-state index contributed by atoms with van der Waals surface area (Å²) in [6.45, 7) is 1.23. The number of piperidine rings is 1. The standard InChI is InChI=1S/C18H20FN5O3/c1-23-10-14-12(17(23)25)6-4-8-24(14)18(26)20-9-15-21-16(27-22-15)11-5-2-3-7-13(11)19/h2-3,5,7,12,14H,4,6,8-10H2,1H3,(H,20,26)/t12-,14-/m1/s1. The number of hydrogen-bond donors (Lipinski definition) is 1. The largest absolute Gasteiger partial charge is 0.343 e. The summed E-state index contributed by atoms with van der Waals surface area (Å²) in [6.07, 6.45) is 1.61. The summed E-state index contributed by atoms with van der Waals surface area (Å²) in [5.74, 6) is -0.142. The third kappa shape index (κ3) is 3.24. The van der Waals surface area contributed by atoms with Crippen LogP contribution in [0.5, 0.6) is 0 Å². The lowest BCUT2D eigenvalue weighted by Gasteiger charge is -2.35. The van der Waals surface area contributed by atoms with E-state index in [0.29, 0.717) is 13.1 Å². The van der Waals surface area contributed by atoms with Crippen LogP contribution in [0.3, 0.4) is 0 Å². The maximum Gasteiger partial charge on any atom is 0.318 e. The van der Waals surface area contributed by atoms with E-state index in [-0.39, 0.29) is 47.7 Å². The van der Waals surface area contributed by atoms with Crippen molar-refractivity contribution < 1.29 is 18.5 Å². The predicted molar refractivity (Wildman–Crippen MR) is 92.8 cm³/mol. The van der Waals surface area contributed by atoms with E-state index in [2.05, 4.69) is 15.5 Å². The molecule has 0 saturated carbocycles. The molecule has 9 heteroatoms. The first-order chi connectivity index (χ1) is 13.0. The van der Waals surface area contributed by atoms with Crippen LogP contribution in [-0.2, 0) is 11.3 Å². The zero-order chi connectivity index (χ0) is 19.0. The van der Waals surface area contributed by atoms with Gasteiger partial charge in [0.2, 0.25) is 5.91 Å². The second-order valence-electron chi connectivity index (χ2n) is 6.88. The molecule has 2 aromatic rings. The molecule has 2 aliphatic heterocycles. The summed E-state index contributed by atoms with van der Waals surface area (Å²) in [7, 11) is 1.76. The molecule has 1 aromatic carbocycles. The van der Waals surface area contributed by atoms with Crippen molar-refractivity contribution in [1.29, 1.82) is 0 Å². The summed E-state index contributed by atoms with van der Waals surface area (Å²) in [6, 6.07) is 5.75. The van der Waals surface area contributed by atoms with E-state index in [1.54, 1.807) is 35.0 Å². The average molecular weight is 373 g/mol. The minimum absolute atomic E-state index is 0.0639. The van der Waals surface area contributed by atoms with Crippen LogP contribution in [0, 0.1) is 11.7 Å². The number of rotatable bonds is 3. The SMILES string of the molecule is CN1C[C@@H]2[C@@H](CCCN2C(=O)NCc2noc(-c3ccccc3F)n2)C1=O. The van der Waals surface area contributed by atoms with Gasteiger partial charge in [-0.3, -0.25) is 4.79 Å². The van der Waals surface area contributed by atoms with Gasteiger partial charge in [0.1, 0.15) is 5.82 Å². The molecule has 8 nitrogen and oxygen atoms in total. The fourth-order valence-electron chi connectivity index (χ4n) is 3.80. The Hall–Kier alpha value is -2.97. The molecular weight excluding hydrogens is 353 g/mol. The van der Waals surface area contributed by atoms with Crippen LogP contribution in [0.1, 0.15) is 18.7 Å². The summed E-state index contributed by atoms with van der Waals surface area (Å²) in [5, 5.41) is 6.56. The molecule has 0 aliphatic carbocycles. The van der Waals surface area contributed by atoms with Crippen molar-refractivity contribution in [1.82, 2.24) is 25.3 Å². The van der Waals surface area contributed by atoms with E-state index in [1.807, 2.05) is 0 Å². The Morgan fingerprint density at radius 3 is 3.04 bits per heavy atom. The van der Waals surface area contributed by atoms with Gasteiger partial charge < -0.3 is 19.6 Å². The Morgan fingerprint density at radius 1 is 1.41 bits per heavy atom. The molecule has 27 heavy (non-hydrogen) atoms. The molecule has 2 saturated heterocycles. The third-order valence-corrected chi connectivity index (χ3v) is 5.16. The summed E-state index contributed by atoms with van der Waals surface area (Å²) < 4.78 is 18.9. The lowest BCUT2D eigenvalue weighted by atomic mass is 9.92. The zero-order valence-electron chi connectivity index (χ0n) is 14.9. The molecule has 4 rings (SSSR count). The molecule has 0 radical (unpaired) electrons. The van der Waals surface area contributed by atoms with Gasteiger partial charge in [-0.1, -0.05) is 17.3 Å². The predicted octanol–water partition coefficient (Wildman–Crippen LogP) is 1.64. The first-order valence-corrected chi connectivity index (χ1v) is 8.91. The van der Waals surface area contributed by atoms with E-state index >= 15 is 0 Å². The quantitative estimate of drug-likeness (QED) is 0.883. The van der Waals surface area contributed by atoms with Crippen molar-refractivity contribution in [3.8, 4) is 11.5 Å². The molecule has 2 fully saturated rings. The van der Waals surface area contributed by atoms with Gasteiger partial charge in [-0.05, 0) is 25.0 Å². The van der Waals surface area contributed by atoms with Gasteiger partial charge in [-0.2, -0.15) is 4.98 Å². The molecule has 2 aliphatic rings. The average Bonchev–Trinajstić information content (AvgIpc) is 3.25. The Morgan fingerprint density at radius 2 is 2.22 bits per heavy atom. The lowest BCUT2D eigenvalue weighted by molar-refractivity contribution is -0.130. The molecule has 0 bridgehead atoms. The minimum atomic E-state index is -0.453. The number of likely N-dealkylation sites (N-methyl/N-ethyl adjacent to an activating group) is 1. The Balaban J connectivity index is 1.40. The first kappa shape index (κ1) is 17.4. The van der Waals surface area contributed by atoms with Crippen molar-refractivity contribution in [2.24, 2.45) is 5.92 Å². The number of nitrogens with zero attached hydrogens (tertiary/aromatic N) is 4. The molecule has 3 heterocycles. The minimum Gasteiger partial charge on any atom is -0.343 e. The van der Waals surface area contributed by atoms with Crippen LogP contribution < -0.4 is 5.32 Å². The highest BCUT2D eigenvalue weighted by Crippen LogP contribution is 2.31. The highest BCUT2D eigenvalue weighted by Gasteiger charge is 2.45. The zero-order valence-corrected chi connectivity index (χ0v) is 14.9. The van der Waals surface area contributed by atoms with Crippen LogP contribution in [0.2, 0.25) is 0 Å². The second kappa shape index (κ2) is 6.98. The molecule has 142 valence electrons. The maximum atomic E-state index is 13.8. The smallest absolute Gasteiger partial charge is 0.318 e. The van der Waals surface area contributed by atoms with Crippen molar-refractivity contribution in [2.75, 3.05) is 20.1 Å². The number of urea groups is 1. The van der Waals surface area contributed by atoms with E-state index in [4.69, 9.17) is 4.52 Å². The number of amides is 3. The van der Waals surface area contributed by atoms with Crippen LogP contribution in [0.15, 0.2) is 28.8 Å². The van der Waals surface area contributed by atoms with Crippen molar-refractivity contribution in [2.45, 2.75) is 25.4 Å². The van der Waals surface area contributed by atoms with Gasteiger partial charge in [0.25, 0.3) is 5.89 Å². The van der Waals surface area contributed by atoms with Crippen LogP contribution in [-0.4, -0.2) is 58.1 Å². The van der Waals surface area contributed by atoms with Gasteiger partial charge in [-0.15, -0.1) is 0 Å². The fraction of sp³-hybridized carbons (Fsp3) is 0.444. The molecule has 1 N–H and O–H groups in total. The number of fused-ring (bicyclic) bond motifs is 1. The van der Waals surface area contributed by atoms with Crippen molar-refractivity contribution in [3.63, 3.8) is 0 Å². The number of aromatic nitrogens is 2. The number of carbonyl (C=O) groups excluding carboxylic acids is 2. The van der Waals surface area contributed by atoms with Gasteiger partial charge in [0, 0.05) is 20.1 Å². The molecule has 0 unspecified atom stereocenters. The Labute approximate surface area is 155 Å². The number of benzene rings is 1. The normalized spacial score (nSPS) is 22.1. The van der Waals surface area contributed by atoms with Crippen molar-refractivity contribution in [3.05, 3.63) is 35.9 Å². The van der Waals surface area contributed by atoms with E-state index in [9.17, 15) is 14.0 Å². The Kier molecular flexibility index (Phi) is 4.51. The maximum absolute atomic E-state index is 13.8. The van der Waals surface area contributed by atoms with E-state index in [1.165, 1.54) is 6.07 Å². The monoisotopic (exact) mass is 373 g/mol. The topological polar surface area (TPSA) is 91.6 Å². The van der Waals surface area contributed by atoms with Gasteiger partial charge >= 0.3 is 6.03 Å². The lowest BCUT2D eigenvalue weighted by Crippen LogP contribution is -2.52. The van der Waals surface area contributed by atoms with Crippen LogP contribution in [0.4, 0.5) is 9.18 Å². The molecule has 1 aromatic heterocycles. The second-order valence-corrected chi connectivity index (χ2v) is 6.88. The number of carbonyl (C=O) groups is 2. The number of halogens is 1. The molecule has 2 atom stereocenters. The highest BCUT2D eigenvalue weighted by molar-refractivity contribution is 5.84. The summed E-state index contributed by atoms with van der Waals surface area (Å²) in [4.78, 5) is 32.3. The Bertz CT molecular complexity index is 870. The number of likely N-dealkylation sites (tertiary alicyclic amines) is 2.